The molecule has 0 fully saturated rings. The second kappa shape index (κ2) is 15.7. The maximum absolute atomic E-state index is 15.4. The lowest BCUT2D eigenvalue weighted by Crippen LogP contribution is -2.04. The number of nitrogens with zero attached hydrogens (tertiary/aromatic N) is 6. The van der Waals surface area contributed by atoms with E-state index in [1.807, 2.05) is 99.6 Å². The Labute approximate surface area is 328 Å². The van der Waals surface area contributed by atoms with Gasteiger partial charge in [0.05, 0.1) is 0 Å². The summed E-state index contributed by atoms with van der Waals surface area (Å²) in [6.07, 6.45) is 1.96. The van der Waals surface area contributed by atoms with Gasteiger partial charge in [-0.2, -0.15) is 9.97 Å². The fraction of sp³-hybridized carbons (Fsp3) is 0.136. The molecule has 0 atom stereocenters. The van der Waals surface area contributed by atoms with Crippen LogP contribution in [0, 0.1) is 40.4 Å². The summed E-state index contributed by atoms with van der Waals surface area (Å²) in [5.41, 5.74) is 9.20. The number of aromatic nitrogens is 8. The summed E-state index contributed by atoms with van der Waals surface area (Å²) in [6, 6.07) is 31.7. The van der Waals surface area contributed by atoms with Crippen molar-refractivity contribution in [2.24, 2.45) is 0 Å². The molecule has 4 aromatic carbocycles. The smallest absolute Gasteiger partial charge is 0.246 e. The third-order valence-corrected chi connectivity index (χ3v) is 9.45. The molecular formula is C44H39FN10O2. The van der Waals surface area contributed by atoms with E-state index in [0.29, 0.717) is 63.5 Å². The average Bonchev–Trinajstić information content (AvgIpc) is 3.87. The molecule has 0 radical (unpaired) electrons. The van der Waals surface area contributed by atoms with Crippen molar-refractivity contribution in [1.82, 2.24) is 40.3 Å². The van der Waals surface area contributed by atoms with E-state index in [4.69, 9.17) is 14.5 Å². The minimum absolute atomic E-state index is 0.251. The quantitative estimate of drug-likeness (QED) is 0.0947. The van der Waals surface area contributed by atoms with Gasteiger partial charge in [-0.15, -0.1) is 10.2 Å². The lowest BCUT2D eigenvalue weighted by Gasteiger charge is -2.14. The van der Waals surface area contributed by atoms with Gasteiger partial charge in [0.2, 0.25) is 11.9 Å². The SMILES string of the molecule is Cc1cc(Oc2ccc(-c3nc(Nc4ccc(F)c(Cc5cc(Oc6ccc(-c7nc(Nc8ccc(C)c(C)c8)n[nH]7)cc6)cc(C)n5)c4C)n[nH]3)cc2)ccn1. The van der Waals surface area contributed by atoms with E-state index in [9.17, 15) is 0 Å². The van der Waals surface area contributed by atoms with E-state index < -0.39 is 0 Å². The Morgan fingerprint density at radius 1 is 0.579 bits per heavy atom. The van der Waals surface area contributed by atoms with Gasteiger partial charge in [0.25, 0.3) is 0 Å². The first-order chi connectivity index (χ1) is 27.6. The zero-order valence-electron chi connectivity index (χ0n) is 32.0. The maximum atomic E-state index is 15.4. The zero-order chi connectivity index (χ0) is 39.5. The van der Waals surface area contributed by atoms with Crippen LogP contribution in [-0.4, -0.2) is 40.3 Å². The average molecular weight is 759 g/mol. The molecule has 12 nitrogen and oxygen atoms in total. The molecule has 0 saturated heterocycles. The van der Waals surface area contributed by atoms with Crippen LogP contribution < -0.4 is 20.1 Å². The Hall–Kier alpha value is -7.41. The van der Waals surface area contributed by atoms with Gasteiger partial charge in [0, 0.05) is 70.4 Å². The summed E-state index contributed by atoms with van der Waals surface area (Å²) >= 11 is 0. The predicted molar refractivity (Wildman–Crippen MR) is 218 cm³/mol. The fourth-order valence-corrected chi connectivity index (χ4v) is 6.29. The first kappa shape index (κ1) is 36.6. The number of hydrogen-bond acceptors (Lipinski definition) is 10. The van der Waals surface area contributed by atoms with E-state index >= 15 is 4.39 Å². The highest BCUT2D eigenvalue weighted by Crippen LogP contribution is 2.31. The van der Waals surface area contributed by atoms with E-state index in [-0.39, 0.29) is 12.2 Å². The standard InChI is InChI=1S/C44H39FN10O2/c1-25-6-11-32(20-26(25)2)48-43-50-41(52-54-43)30-9-14-35(15-10-30)57-37-22-28(4)47-33(23-37)24-38-29(5)40(17-16-39(38)45)49-44-51-42(53-55-44)31-7-12-34(13-8-31)56-36-18-19-46-27(3)21-36/h6-23H,24H2,1-5H3,(H2,48,50,52,54)(H2,49,51,53,55). The second-order valence-electron chi connectivity index (χ2n) is 13.8. The first-order valence-corrected chi connectivity index (χ1v) is 18.3. The normalized spacial score (nSPS) is 11.1. The number of H-pyrrole nitrogens is 2. The Bertz CT molecular complexity index is 2690. The van der Waals surface area contributed by atoms with Crippen molar-refractivity contribution in [2.75, 3.05) is 10.6 Å². The van der Waals surface area contributed by atoms with Gasteiger partial charge in [-0.25, -0.2) is 4.39 Å². The number of pyridine rings is 2. The maximum Gasteiger partial charge on any atom is 0.246 e. The van der Waals surface area contributed by atoms with Crippen LogP contribution in [0.25, 0.3) is 22.8 Å². The van der Waals surface area contributed by atoms with Crippen molar-refractivity contribution in [2.45, 2.75) is 41.0 Å². The molecule has 284 valence electrons. The van der Waals surface area contributed by atoms with Crippen LogP contribution in [0.4, 0.5) is 27.7 Å². The van der Waals surface area contributed by atoms with Crippen LogP contribution in [0.5, 0.6) is 23.0 Å². The summed E-state index contributed by atoms with van der Waals surface area (Å²) in [5, 5.41) is 21.1. The number of aryl methyl sites for hydroxylation is 4. The molecule has 13 heteroatoms. The van der Waals surface area contributed by atoms with Crippen LogP contribution in [0.3, 0.4) is 0 Å². The lowest BCUT2D eigenvalue weighted by atomic mass is 10.0. The Balaban J connectivity index is 0.918. The van der Waals surface area contributed by atoms with Crippen molar-refractivity contribution in [1.29, 1.82) is 0 Å². The molecule has 0 unspecified atom stereocenters. The summed E-state index contributed by atoms with van der Waals surface area (Å²) in [6.45, 7) is 9.81. The molecule has 0 aliphatic heterocycles. The highest BCUT2D eigenvalue weighted by molar-refractivity contribution is 5.64. The minimum Gasteiger partial charge on any atom is -0.457 e. The van der Waals surface area contributed by atoms with Crippen LogP contribution in [-0.2, 0) is 6.42 Å². The molecule has 0 spiro atoms. The summed E-state index contributed by atoms with van der Waals surface area (Å²) in [7, 11) is 0. The molecular weight excluding hydrogens is 720 g/mol. The number of rotatable bonds is 12. The van der Waals surface area contributed by atoms with E-state index in [0.717, 1.165) is 33.8 Å². The molecule has 57 heavy (non-hydrogen) atoms. The molecule has 8 rings (SSSR count). The number of halogens is 1. The van der Waals surface area contributed by atoms with Gasteiger partial charge >= 0.3 is 0 Å². The van der Waals surface area contributed by atoms with E-state index in [1.54, 1.807) is 12.3 Å². The Morgan fingerprint density at radius 3 is 1.86 bits per heavy atom. The monoisotopic (exact) mass is 758 g/mol. The molecule has 0 amide bonds. The van der Waals surface area contributed by atoms with Crippen LogP contribution in [0.1, 0.15) is 39.3 Å². The molecule has 4 aromatic heterocycles. The largest absolute Gasteiger partial charge is 0.457 e. The summed E-state index contributed by atoms with van der Waals surface area (Å²) in [5.74, 6) is 4.33. The van der Waals surface area contributed by atoms with Crippen molar-refractivity contribution < 1.29 is 13.9 Å². The molecule has 0 aliphatic rings. The molecule has 0 bridgehead atoms. The van der Waals surface area contributed by atoms with Crippen LogP contribution in [0.15, 0.2) is 109 Å². The van der Waals surface area contributed by atoms with Gasteiger partial charge < -0.3 is 20.1 Å². The fourth-order valence-electron chi connectivity index (χ4n) is 6.29. The summed E-state index contributed by atoms with van der Waals surface area (Å²) in [4.78, 5) is 18.1. The molecule has 0 aliphatic carbocycles. The first-order valence-electron chi connectivity index (χ1n) is 18.3. The van der Waals surface area contributed by atoms with Gasteiger partial charge in [-0.05, 0) is 136 Å². The highest BCUT2D eigenvalue weighted by Gasteiger charge is 2.16. The molecule has 8 aromatic rings. The molecule has 4 N–H and O–H groups in total. The van der Waals surface area contributed by atoms with Gasteiger partial charge in [-0.1, -0.05) is 6.07 Å². The number of nitrogens with one attached hydrogen (secondary N) is 4. The summed E-state index contributed by atoms with van der Waals surface area (Å²) < 4.78 is 27.6. The number of aromatic amines is 2. The third kappa shape index (κ3) is 8.62. The highest BCUT2D eigenvalue weighted by atomic mass is 19.1. The topological polar surface area (TPSA) is 151 Å². The van der Waals surface area contributed by atoms with Gasteiger partial charge in [0.15, 0.2) is 11.6 Å². The third-order valence-electron chi connectivity index (χ3n) is 9.45. The Morgan fingerprint density at radius 2 is 1.21 bits per heavy atom. The lowest BCUT2D eigenvalue weighted by molar-refractivity contribution is 0.480. The number of hydrogen-bond donors (Lipinski definition) is 4. The number of anilines is 4. The van der Waals surface area contributed by atoms with Crippen molar-refractivity contribution >= 4 is 23.3 Å². The minimum atomic E-state index is -0.334. The Kier molecular flexibility index (Phi) is 10.1. The molecule has 0 saturated carbocycles. The van der Waals surface area contributed by atoms with Gasteiger partial charge in [0.1, 0.15) is 28.8 Å². The van der Waals surface area contributed by atoms with Crippen molar-refractivity contribution in [3.63, 3.8) is 0 Å². The molecule has 4 heterocycles. The van der Waals surface area contributed by atoms with Gasteiger partial charge in [-0.3, -0.25) is 20.2 Å². The van der Waals surface area contributed by atoms with Crippen LogP contribution in [0.2, 0.25) is 0 Å². The zero-order valence-corrected chi connectivity index (χ0v) is 32.0. The number of benzene rings is 4. The van der Waals surface area contributed by atoms with E-state index in [2.05, 4.69) is 72.0 Å². The van der Waals surface area contributed by atoms with Crippen molar-refractivity contribution in [3.05, 3.63) is 154 Å². The van der Waals surface area contributed by atoms with Crippen molar-refractivity contribution in [3.8, 4) is 45.8 Å². The second-order valence-corrected chi connectivity index (χ2v) is 13.8. The van der Waals surface area contributed by atoms with E-state index in [1.165, 1.54) is 17.2 Å². The number of ether oxygens (including phenoxy) is 2. The predicted octanol–water partition coefficient (Wildman–Crippen LogP) is 10.4. The van der Waals surface area contributed by atoms with Crippen LogP contribution >= 0.6 is 0 Å².